The molecule has 1 aliphatic heterocycles. The molecule has 2 nitrogen and oxygen atoms in total. The van der Waals surface area contributed by atoms with Gasteiger partial charge in [-0.1, -0.05) is 20.3 Å². The Labute approximate surface area is 75.6 Å². The van der Waals surface area contributed by atoms with E-state index in [1.807, 2.05) is 0 Å². The van der Waals surface area contributed by atoms with Gasteiger partial charge in [-0.05, 0) is 25.2 Å². The van der Waals surface area contributed by atoms with Crippen LogP contribution in [0.1, 0.15) is 39.5 Å². The number of hydrogen-bond acceptors (Lipinski definition) is 2. The molecule has 12 heavy (non-hydrogen) atoms. The summed E-state index contributed by atoms with van der Waals surface area (Å²) in [6.07, 6.45) is 5.17. The first kappa shape index (κ1) is 9.56. The third-order valence-corrected chi connectivity index (χ3v) is 2.38. The lowest BCUT2D eigenvalue weighted by atomic mass is 10.0. The summed E-state index contributed by atoms with van der Waals surface area (Å²) in [5, 5.41) is 6.68. The van der Waals surface area contributed by atoms with E-state index in [9.17, 15) is 0 Å². The van der Waals surface area contributed by atoms with Crippen molar-refractivity contribution in [1.82, 2.24) is 5.01 Å². The summed E-state index contributed by atoms with van der Waals surface area (Å²) in [6.45, 7) is 5.58. The molecule has 0 N–H and O–H groups in total. The van der Waals surface area contributed by atoms with Crippen LogP contribution in [0.15, 0.2) is 5.10 Å². The highest BCUT2D eigenvalue weighted by Crippen LogP contribution is 2.12. The van der Waals surface area contributed by atoms with E-state index >= 15 is 0 Å². The molecular weight excluding hydrogens is 148 g/mol. The van der Waals surface area contributed by atoms with Crippen LogP contribution in [0.3, 0.4) is 0 Å². The van der Waals surface area contributed by atoms with Crippen LogP contribution in [0.5, 0.6) is 0 Å². The Morgan fingerprint density at radius 2 is 2.00 bits per heavy atom. The van der Waals surface area contributed by atoms with Crippen molar-refractivity contribution in [2.75, 3.05) is 13.6 Å². The van der Waals surface area contributed by atoms with Crippen LogP contribution in [-0.4, -0.2) is 24.3 Å². The first-order valence-electron chi connectivity index (χ1n) is 4.98. The molecule has 0 aliphatic carbocycles. The van der Waals surface area contributed by atoms with E-state index in [1.54, 1.807) is 0 Å². The summed E-state index contributed by atoms with van der Waals surface area (Å²) in [7, 11) is 2.08. The molecule has 0 unspecified atom stereocenters. The van der Waals surface area contributed by atoms with Crippen LogP contribution < -0.4 is 0 Å². The Bertz CT molecular complexity index is 161. The van der Waals surface area contributed by atoms with Crippen molar-refractivity contribution in [3.8, 4) is 0 Å². The fraction of sp³-hybridized carbons (Fsp3) is 0.900. The summed E-state index contributed by atoms with van der Waals surface area (Å²) in [5.41, 5.74) is 1.37. The van der Waals surface area contributed by atoms with E-state index in [4.69, 9.17) is 0 Å². The molecule has 0 bridgehead atoms. The molecule has 0 radical (unpaired) electrons. The van der Waals surface area contributed by atoms with Crippen molar-refractivity contribution in [3.63, 3.8) is 0 Å². The predicted molar refractivity (Wildman–Crippen MR) is 53.4 cm³/mol. The third-order valence-electron chi connectivity index (χ3n) is 2.38. The van der Waals surface area contributed by atoms with Gasteiger partial charge in [0.2, 0.25) is 0 Å². The summed E-state index contributed by atoms with van der Waals surface area (Å²) in [5.74, 6) is 0.616. The van der Waals surface area contributed by atoms with Crippen molar-refractivity contribution in [3.05, 3.63) is 0 Å². The smallest absolute Gasteiger partial charge is 0.0406 e. The normalized spacial score (nSPS) is 24.7. The Morgan fingerprint density at radius 1 is 1.25 bits per heavy atom. The van der Waals surface area contributed by atoms with Gasteiger partial charge in [0.05, 0.1) is 0 Å². The second-order valence-corrected chi connectivity index (χ2v) is 3.94. The maximum absolute atomic E-state index is 4.59. The van der Waals surface area contributed by atoms with Crippen LogP contribution >= 0.6 is 0 Å². The average molecular weight is 168 g/mol. The van der Waals surface area contributed by atoms with Crippen LogP contribution in [0, 0.1) is 5.92 Å². The quantitative estimate of drug-likeness (QED) is 0.587. The van der Waals surface area contributed by atoms with Gasteiger partial charge in [-0.3, -0.25) is 0 Å². The first-order valence-corrected chi connectivity index (χ1v) is 4.98. The Hall–Kier alpha value is -0.530. The lowest BCUT2D eigenvalue weighted by Crippen LogP contribution is -2.20. The zero-order chi connectivity index (χ0) is 8.97. The summed E-state index contributed by atoms with van der Waals surface area (Å²) in [4.78, 5) is 0. The van der Waals surface area contributed by atoms with E-state index in [2.05, 4.69) is 31.0 Å². The predicted octanol–water partition coefficient (Wildman–Crippen LogP) is 2.50. The minimum absolute atomic E-state index is 0.616. The summed E-state index contributed by atoms with van der Waals surface area (Å²) in [6, 6.07) is 0. The number of hydrazone groups is 1. The molecule has 0 spiro atoms. The lowest BCUT2D eigenvalue weighted by molar-refractivity contribution is 0.332. The third kappa shape index (κ3) is 2.84. The molecule has 2 heteroatoms. The SMILES string of the molecule is CC(C)/C1=N/N(C)CCCCC1. The van der Waals surface area contributed by atoms with Crippen LogP contribution in [0.4, 0.5) is 0 Å². The van der Waals surface area contributed by atoms with Gasteiger partial charge in [-0.15, -0.1) is 0 Å². The molecule has 0 aromatic heterocycles. The van der Waals surface area contributed by atoms with Gasteiger partial charge in [0, 0.05) is 19.3 Å². The van der Waals surface area contributed by atoms with Crippen molar-refractivity contribution >= 4 is 5.71 Å². The van der Waals surface area contributed by atoms with Crippen LogP contribution in [0.2, 0.25) is 0 Å². The minimum atomic E-state index is 0.616. The highest BCUT2D eigenvalue weighted by atomic mass is 15.4. The highest BCUT2D eigenvalue weighted by Gasteiger charge is 2.09. The van der Waals surface area contributed by atoms with E-state index < -0.39 is 0 Å². The van der Waals surface area contributed by atoms with Crippen molar-refractivity contribution in [2.45, 2.75) is 39.5 Å². The van der Waals surface area contributed by atoms with Gasteiger partial charge < -0.3 is 5.01 Å². The first-order chi connectivity index (χ1) is 5.70. The molecule has 0 fully saturated rings. The molecule has 0 saturated heterocycles. The molecule has 0 aromatic rings. The maximum atomic E-state index is 4.59. The fourth-order valence-corrected chi connectivity index (χ4v) is 1.55. The van der Waals surface area contributed by atoms with Crippen molar-refractivity contribution in [2.24, 2.45) is 11.0 Å². The molecule has 0 saturated carbocycles. The van der Waals surface area contributed by atoms with Gasteiger partial charge in [0.15, 0.2) is 0 Å². The minimum Gasteiger partial charge on any atom is -0.300 e. The van der Waals surface area contributed by atoms with E-state index in [0.29, 0.717) is 5.92 Å². The molecular formula is C10H20N2. The maximum Gasteiger partial charge on any atom is 0.0406 e. The van der Waals surface area contributed by atoms with E-state index in [-0.39, 0.29) is 0 Å². The molecule has 70 valence electrons. The second kappa shape index (κ2) is 4.48. The topological polar surface area (TPSA) is 15.6 Å². The summed E-state index contributed by atoms with van der Waals surface area (Å²) >= 11 is 0. The van der Waals surface area contributed by atoms with Crippen molar-refractivity contribution in [1.29, 1.82) is 0 Å². The lowest BCUT2D eigenvalue weighted by Gasteiger charge is -2.20. The van der Waals surface area contributed by atoms with Crippen LogP contribution in [0.25, 0.3) is 0 Å². The molecule has 0 atom stereocenters. The van der Waals surface area contributed by atoms with Gasteiger partial charge in [-0.25, -0.2) is 0 Å². The Balaban J connectivity index is 2.59. The number of nitrogens with zero attached hydrogens (tertiary/aromatic N) is 2. The van der Waals surface area contributed by atoms with Crippen molar-refractivity contribution < 1.29 is 0 Å². The van der Waals surface area contributed by atoms with Gasteiger partial charge >= 0.3 is 0 Å². The van der Waals surface area contributed by atoms with Crippen LogP contribution in [-0.2, 0) is 0 Å². The molecule has 1 rings (SSSR count). The van der Waals surface area contributed by atoms with Gasteiger partial charge in [-0.2, -0.15) is 5.10 Å². The molecule has 1 aliphatic rings. The standard InChI is InChI=1S/C10H20N2/c1-9(2)10-7-5-4-6-8-12(3)11-10/h9H,4-8H2,1-3H3/b11-10+. The second-order valence-electron chi connectivity index (χ2n) is 3.94. The van der Waals surface area contributed by atoms with E-state index in [0.717, 1.165) is 6.54 Å². The van der Waals surface area contributed by atoms with Gasteiger partial charge in [0.25, 0.3) is 0 Å². The zero-order valence-electron chi connectivity index (χ0n) is 8.51. The number of rotatable bonds is 1. The Morgan fingerprint density at radius 3 is 2.67 bits per heavy atom. The molecule has 0 amide bonds. The average Bonchev–Trinajstić information content (AvgIpc) is 1.95. The van der Waals surface area contributed by atoms with E-state index in [1.165, 1.54) is 31.4 Å². The van der Waals surface area contributed by atoms with Gasteiger partial charge in [0.1, 0.15) is 0 Å². The largest absolute Gasteiger partial charge is 0.300 e. The number of hydrogen-bond donors (Lipinski definition) is 0. The summed E-state index contributed by atoms with van der Waals surface area (Å²) < 4.78 is 0. The molecule has 0 aromatic carbocycles. The Kier molecular flexibility index (Phi) is 3.57. The monoisotopic (exact) mass is 168 g/mol. The molecule has 1 heterocycles. The fourth-order valence-electron chi connectivity index (χ4n) is 1.55. The highest BCUT2D eigenvalue weighted by molar-refractivity contribution is 5.85. The zero-order valence-corrected chi connectivity index (χ0v) is 8.51.